The van der Waals surface area contributed by atoms with Gasteiger partial charge in [-0.15, -0.1) is 0 Å². The van der Waals surface area contributed by atoms with Crippen LogP contribution in [0.25, 0.3) is 10.9 Å². The highest BCUT2D eigenvalue weighted by Crippen LogP contribution is 2.49. The van der Waals surface area contributed by atoms with Crippen molar-refractivity contribution in [1.82, 2.24) is 15.2 Å². The molecule has 2 heterocycles. The average molecular weight is 488 g/mol. The number of likely N-dealkylation sites (tertiary alicyclic amines) is 1. The van der Waals surface area contributed by atoms with Crippen LogP contribution in [0.3, 0.4) is 0 Å². The van der Waals surface area contributed by atoms with E-state index in [-0.39, 0.29) is 11.3 Å². The molecular formula is C30H37N3O3. The number of aryl methyl sites for hydroxylation is 1. The number of aromatic nitrogens is 1. The number of nitrogens with one attached hydrogen (secondary N) is 1. The summed E-state index contributed by atoms with van der Waals surface area (Å²) in [7, 11) is 2.11. The third-order valence-corrected chi connectivity index (χ3v) is 7.32. The Morgan fingerprint density at radius 2 is 1.94 bits per heavy atom. The molecular weight excluding hydrogens is 450 g/mol. The van der Waals surface area contributed by atoms with Gasteiger partial charge in [-0.1, -0.05) is 32.9 Å². The second-order valence-electron chi connectivity index (χ2n) is 11.6. The molecule has 1 aliphatic carbocycles. The second kappa shape index (κ2) is 9.40. The summed E-state index contributed by atoms with van der Waals surface area (Å²) in [5.41, 5.74) is 3.17. The van der Waals surface area contributed by atoms with Gasteiger partial charge in [-0.2, -0.15) is 0 Å². The molecule has 6 nitrogen and oxygen atoms in total. The van der Waals surface area contributed by atoms with Crippen molar-refractivity contribution in [2.24, 2.45) is 5.41 Å². The van der Waals surface area contributed by atoms with Gasteiger partial charge in [-0.25, -0.2) is 0 Å². The normalized spacial score (nSPS) is 19.0. The Hall–Kier alpha value is -3.12. The number of hydrogen-bond donors (Lipinski definition) is 1. The summed E-state index contributed by atoms with van der Waals surface area (Å²) in [5, 5.41) is 4.42. The number of carbonyl (C=O) groups excluding carboxylic acids is 1. The van der Waals surface area contributed by atoms with Gasteiger partial charge in [0.2, 0.25) is 0 Å². The summed E-state index contributed by atoms with van der Waals surface area (Å²) < 4.78 is 12.2. The molecule has 0 unspecified atom stereocenters. The van der Waals surface area contributed by atoms with Crippen LogP contribution in [0.4, 0.5) is 0 Å². The molecule has 0 radical (unpaired) electrons. The predicted molar refractivity (Wildman–Crippen MR) is 143 cm³/mol. The molecule has 2 fully saturated rings. The number of ether oxygens (including phenoxy) is 2. The highest BCUT2D eigenvalue weighted by molar-refractivity contribution is 5.97. The molecule has 1 amide bonds. The molecule has 6 heteroatoms. The summed E-state index contributed by atoms with van der Waals surface area (Å²) in [6, 6.07) is 14.4. The standard InChI is InChI=1S/C30H37N3O3/c1-20-8-9-22(35-18-21-10-14-33(21)5)15-25(20)28(34)32-30(11-12-30)26-16-23(36-19-29(2,3)4)17-27-24(26)7-6-13-31-27/h6-9,13,15-17,21H,10-12,14,18-19H2,1-5H3,(H,32,34)/t21-/m0/s1. The number of rotatable bonds is 8. The molecule has 1 aliphatic heterocycles. The molecule has 1 N–H and O–H groups in total. The van der Waals surface area contributed by atoms with Crippen LogP contribution in [0.5, 0.6) is 11.5 Å². The van der Waals surface area contributed by atoms with E-state index in [1.807, 2.05) is 37.3 Å². The molecule has 0 bridgehead atoms. The van der Waals surface area contributed by atoms with Gasteiger partial charge >= 0.3 is 0 Å². The number of carbonyl (C=O) groups is 1. The van der Waals surface area contributed by atoms with Gasteiger partial charge in [0, 0.05) is 29.3 Å². The van der Waals surface area contributed by atoms with Crippen molar-refractivity contribution >= 4 is 16.8 Å². The van der Waals surface area contributed by atoms with Gasteiger partial charge in [0.25, 0.3) is 5.91 Å². The molecule has 190 valence electrons. The largest absolute Gasteiger partial charge is 0.493 e. The maximum absolute atomic E-state index is 13.6. The van der Waals surface area contributed by atoms with Crippen LogP contribution in [0, 0.1) is 12.3 Å². The van der Waals surface area contributed by atoms with Crippen molar-refractivity contribution in [3.05, 3.63) is 65.4 Å². The van der Waals surface area contributed by atoms with E-state index in [9.17, 15) is 4.79 Å². The number of pyridine rings is 1. The molecule has 1 saturated carbocycles. The van der Waals surface area contributed by atoms with Gasteiger partial charge < -0.3 is 14.8 Å². The molecule has 3 aromatic rings. The Balaban J connectivity index is 1.39. The number of amides is 1. The Kier molecular flexibility index (Phi) is 6.41. The van der Waals surface area contributed by atoms with Gasteiger partial charge in [-0.05, 0) is 80.6 Å². The highest BCUT2D eigenvalue weighted by Gasteiger charge is 2.47. The van der Waals surface area contributed by atoms with Crippen LogP contribution >= 0.6 is 0 Å². The molecule has 1 atom stereocenters. The third kappa shape index (κ3) is 5.19. The van der Waals surface area contributed by atoms with Gasteiger partial charge in [-0.3, -0.25) is 14.7 Å². The molecule has 2 aromatic carbocycles. The Labute approximate surface area is 214 Å². The minimum Gasteiger partial charge on any atom is -0.493 e. The summed E-state index contributed by atoms with van der Waals surface area (Å²) in [6.45, 7) is 10.8. The van der Waals surface area contributed by atoms with Gasteiger partial charge in [0.1, 0.15) is 18.1 Å². The van der Waals surface area contributed by atoms with Crippen molar-refractivity contribution in [3.63, 3.8) is 0 Å². The molecule has 0 spiro atoms. The second-order valence-corrected chi connectivity index (χ2v) is 11.6. The van der Waals surface area contributed by atoms with Crippen LogP contribution in [0.15, 0.2) is 48.7 Å². The number of benzene rings is 2. The molecule has 2 aliphatic rings. The van der Waals surface area contributed by atoms with Crippen LogP contribution in [0.2, 0.25) is 0 Å². The molecule has 5 rings (SSSR count). The predicted octanol–water partition coefficient (Wildman–Crippen LogP) is 5.47. The van der Waals surface area contributed by atoms with E-state index in [1.54, 1.807) is 6.20 Å². The Morgan fingerprint density at radius 3 is 2.61 bits per heavy atom. The van der Waals surface area contributed by atoms with E-state index in [2.05, 4.69) is 55.2 Å². The van der Waals surface area contributed by atoms with Crippen molar-refractivity contribution in [2.75, 3.05) is 26.8 Å². The lowest BCUT2D eigenvalue weighted by Crippen LogP contribution is -2.48. The average Bonchev–Trinajstić information content (AvgIpc) is 3.62. The van der Waals surface area contributed by atoms with Crippen molar-refractivity contribution in [1.29, 1.82) is 0 Å². The SMILES string of the molecule is Cc1ccc(OC[C@@H]2CCN2C)cc1C(=O)NC1(c2cc(OCC(C)(C)C)cc3ncccc23)CC1. The minimum atomic E-state index is -0.419. The fourth-order valence-electron chi connectivity index (χ4n) is 4.72. The zero-order chi connectivity index (χ0) is 25.5. The van der Waals surface area contributed by atoms with Crippen molar-refractivity contribution < 1.29 is 14.3 Å². The van der Waals surface area contributed by atoms with Crippen molar-refractivity contribution in [3.8, 4) is 11.5 Å². The number of hydrogen-bond acceptors (Lipinski definition) is 5. The first kappa shape index (κ1) is 24.6. The van der Waals surface area contributed by atoms with E-state index in [1.165, 1.54) is 0 Å². The van der Waals surface area contributed by atoms with Crippen molar-refractivity contribution in [2.45, 2.75) is 58.5 Å². The van der Waals surface area contributed by atoms with Crippen LogP contribution in [-0.4, -0.2) is 48.6 Å². The summed E-state index contributed by atoms with van der Waals surface area (Å²) in [6.07, 6.45) is 4.72. The summed E-state index contributed by atoms with van der Waals surface area (Å²) >= 11 is 0. The summed E-state index contributed by atoms with van der Waals surface area (Å²) in [4.78, 5) is 20.4. The first-order chi connectivity index (χ1) is 17.1. The monoisotopic (exact) mass is 487 g/mol. The first-order valence-corrected chi connectivity index (χ1v) is 12.9. The smallest absolute Gasteiger partial charge is 0.252 e. The lowest BCUT2D eigenvalue weighted by atomic mass is 9.97. The maximum Gasteiger partial charge on any atom is 0.252 e. The number of likely N-dealkylation sites (N-methyl/N-ethyl adjacent to an activating group) is 1. The van der Waals surface area contributed by atoms with E-state index < -0.39 is 5.54 Å². The first-order valence-electron chi connectivity index (χ1n) is 12.9. The van der Waals surface area contributed by atoms with Crippen LogP contribution < -0.4 is 14.8 Å². The van der Waals surface area contributed by atoms with E-state index in [4.69, 9.17) is 9.47 Å². The Bertz CT molecular complexity index is 1280. The zero-order valence-corrected chi connectivity index (χ0v) is 22.1. The van der Waals surface area contributed by atoms with E-state index in [0.29, 0.717) is 24.8 Å². The molecule has 1 saturated heterocycles. The fraction of sp³-hybridized carbons (Fsp3) is 0.467. The minimum absolute atomic E-state index is 0.0450. The fourth-order valence-corrected chi connectivity index (χ4v) is 4.72. The maximum atomic E-state index is 13.6. The number of fused-ring (bicyclic) bond motifs is 1. The lowest BCUT2D eigenvalue weighted by molar-refractivity contribution is 0.0767. The van der Waals surface area contributed by atoms with Crippen LogP contribution in [0.1, 0.15) is 61.5 Å². The topological polar surface area (TPSA) is 63.7 Å². The lowest BCUT2D eigenvalue weighted by Gasteiger charge is -2.37. The van der Waals surface area contributed by atoms with E-state index >= 15 is 0 Å². The molecule has 1 aromatic heterocycles. The van der Waals surface area contributed by atoms with Gasteiger partial charge in [0.15, 0.2) is 0 Å². The summed E-state index contributed by atoms with van der Waals surface area (Å²) in [5.74, 6) is 1.46. The van der Waals surface area contributed by atoms with Crippen LogP contribution in [-0.2, 0) is 5.54 Å². The molecule has 36 heavy (non-hydrogen) atoms. The quantitative estimate of drug-likeness (QED) is 0.456. The van der Waals surface area contributed by atoms with Gasteiger partial charge in [0.05, 0.1) is 17.7 Å². The Morgan fingerprint density at radius 1 is 1.14 bits per heavy atom. The number of nitrogens with zero attached hydrogens (tertiary/aromatic N) is 2. The zero-order valence-electron chi connectivity index (χ0n) is 22.1. The highest BCUT2D eigenvalue weighted by atomic mass is 16.5. The van der Waals surface area contributed by atoms with E-state index in [0.717, 1.165) is 59.3 Å². The third-order valence-electron chi connectivity index (χ3n) is 7.32.